The van der Waals surface area contributed by atoms with Crippen molar-refractivity contribution in [1.82, 2.24) is 4.98 Å². The van der Waals surface area contributed by atoms with Crippen LogP contribution in [-0.4, -0.2) is 18.5 Å². The van der Waals surface area contributed by atoms with Crippen LogP contribution in [0.15, 0.2) is 23.1 Å². The van der Waals surface area contributed by atoms with Crippen molar-refractivity contribution in [2.45, 2.75) is 31.8 Å². The summed E-state index contributed by atoms with van der Waals surface area (Å²) in [6.45, 7) is 3.55. The van der Waals surface area contributed by atoms with E-state index in [0.29, 0.717) is 15.7 Å². The molecule has 2 N–H and O–H groups in total. The monoisotopic (exact) mass is 346 g/mol. The van der Waals surface area contributed by atoms with E-state index in [-0.39, 0.29) is 11.5 Å². The number of aliphatic hydroxyl groups is 1. The fourth-order valence-electron chi connectivity index (χ4n) is 1.81. The first-order valence-corrected chi connectivity index (χ1v) is 8.93. The van der Waals surface area contributed by atoms with E-state index >= 15 is 0 Å². The Morgan fingerprint density at radius 2 is 2.14 bits per heavy atom. The van der Waals surface area contributed by atoms with Crippen molar-refractivity contribution in [2.24, 2.45) is 0 Å². The van der Waals surface area contributed by atoms with Gasteiger partial charge in [0.05, 0.1) is 17.2 Å². The molecule has 0 aliphatic heterocycles. The number of thiazole rings is 1. The van der Waals surface area contributed by atoms with Gasteiger partial charge in [-0.2, -0.15) is 0 Å². The third kappa shape index (κ3) is 3.55. The van der Waals surface area contributed by atoms with Crippen LogP contribution in [-0.2, 0) is 23.1 Å². The van der Waals surface area contributed by atoms with Crippen molar-refractivity contribution in [1.29, 1.82) is 0 Å². The highest BCUT2D eigenvalue weighted by molar-refractivity contribution is 7.93. The van der Waals surface area contributed by atoms with E-state index in [9.17, 15) is 8.42 Å². The van der Waals surface area contributed by atoms with Gasteiger partial charge >= 0.3 is 0 Å². The quantitative estimate of drug-likeness (QED) is 0.872. The number of sulfonamides is 1. The lowest BCUT2D eigenvalue weighted by atomic mass is 10.2. The second-order valence-electron chi connectivity index (χ2n) is 4.39. The fraction of sp³-hybridized carbons (Fsp3) is 0.308. The number of halogens is 1. The average molecular weight is 347 g/mol. The minimum atomic E-state index is -3.75. The summed E-state index contributed by atoms with van der Waals surface area (Å²) in [6.07, 6.45) is 0.750. The van der Waals surface area contributed by atoms with Crippen LogP contribution in [0.4, 0.5) is 5.13 Å². The highest BCUT2D eigenvalue weighted by Crippen LogP contribution is 2.26. The van der Waals surface area contributed by atoms with Gasteiger partial charge in [-0.25, -0.2) is 13.4 Å². The predicted molar refractivity (Wildman–Crippen MR) is 84.4 cm³/mol. The molecule has 21 heavy (non-hydrogen) atoms. The molecule has 0 unspecified atom stereocenters. The van der Waals surface area contributed by atoms with Crippen LogP contribution in [0.25, 0.3) is 0 Å². The van der Waals surface area contributed by atoms with E-state index in [4.69, 9.17) is 16.7 Å². The van der Waals surface area contributed by atoms with Crippen molar-refractivity contribution >= 4 is 38.1 Å². The van der Waals surface area contributed by atoms with E-state index < -0.39 is 10.0 Å². The topological polar surface area (TPSA) is 79.3 Å². The summed E-state index contributed by atoms with van der Waals surface area (Å²) in [4.78, 5) is 5.28. The SMILES string of the molecule is CCc1nc(NS(=O)(=O)c2ccc(Cl)c(CO)c2)sc1C. The maximum atomic E-state index is 12.3. The lowest BCUT2D eigenvalue weighted by Gasteiger charge is -2.07. The van der Waals surface area contributed by atoms with Crippen molar-refractivity contribution in [2.75, 3.05) is 4.72 Å². The Labute approximate surface area is 132 Å². The normalized spacial score (nSPS) is 11.6. The van der Waals surface area contributed by atoms with Gasteiger partial charge in [-0.05, 0) is 37.1 Å². The number of aryl methyl sites for hydroxylation is 2. The Hall–Kier alpha value is -1.15. The number of hydrogen-bond donors (Lipinski definition) is 2. The van der Waals surface area contributed by atoms with E-state index in [2.05, 4.69) is 9.71 Å². The van der Waals surface area contributed by atoms with E-state index in [0.717, 1.165) is 17.0 Å². The van der Waals surface area contributed by atoms with E-state index in [1.807, 2.05) is 13.8 Å². The van der Waals surface area contributed by atoms with Crippen LogP contribution in [0, 0.1) is 6.92 Å². The van der Waals surface area contributed by atoms with Gasteiger partial charge in [0, 0.05) is 9.90 Å². The summed E-state index contributed by atoms with van der Waals surface area (Å²) in [7, 11) is -3.75. The molecule has 0 saturated carbocycles. The molecule has 0 fully saturated rings. The van der Waals surface area contributed by atoms with Crippen LogP contribution in [0.2, 0.25) is 5.02 Å². The minimum absolute atomic E-state index is 0.0434. The van der Waals surface area contributed by atoms with Gasteiger partial charge in [0.25, 0.3) is 10.0 Å². The predicted octanol–water partition coefficient (Wildman–Crippen LogP) is 2.96. The van der Waals surface area contributed by atoms with E-state index in [1.165, 1.54) is 29.5 Å². The Bertz CT molecular complexity index is 757. The molecular weight excluding hydrogens is 332 g/mol. The number of aromatic nitrogens is 1. The van der Waals surface area contributed by atoms with Gasteiger partial charge in [-0.3, -0.25) is 4.72 Å². The lowest BCUT2D eigenvalue weighted by Crippen LogP contribution is -2.13. The molecule has 1 heterocycles. The molecular formula is C13H15ClN2O3S2. The average Bonchev–Trinajstić information content (AvgIpc) is 2.78. The van der Waals surface area contributed by atoms with Gasteiger partial charge in [0.15, 0.2) is 5.13 Å². The molecule has 0 atom stereocenters. The number of aliphatic hydroxyl groups excluding tert-OH is 1. The third-order valence-corrected chi connectivity index (χ3v) is 5.71. The van der Waals surface area contributed by atoms with Crippen LogP contribution >= 0.6 is 22.9 Å². The molecule has 0 aliphatic rings. The molecule has 1 aromatic carbocycles. The molecule has 0 amide bonds. The molecule has 0 aliphatic carbocycles. The zero-order valence-electron chi connectivity index (χ0n) is 11.6. The van der Waals surface area contributed by atoms with Gasteiger partial charge < -0.3 is 5.11 Å². The lowest BCUT2D eigenvalue weighted by molar-refractivity contribution is 0.281. The Kier molecular flexibility index (Phi) is 4.88. The van der Waals surface area contributed by atoms with Crippen LogP contribution in [0.1, 0.15) is 23.1 Å². The second-order valence-corrected chi connectivity index (χ2v) is 7.69. The number of nitrogens with one attached hydrogen (secondary N) is 1. The smallest absolute Gasteiger partial charge is 0.263 e. The first kappa shape index (κ1) is 16.2. The maximum absolute atomic E-state index is 12.3. The van der Waals surface area contributed by atoms with Crippen LogP contribution < -0.4 is 4.72 Å². The van der Waals surface area contributed by atoms with Crippen molar-refractivity contribution in [3.8, 4) is 0 Å². The van der Waals surface area contributed by atoms with Gasteiger partial charge in [-0.15, -0.1) is 11.3 Å². The summed E-state index contributed by atoms with van der Waals surface area (Å²) in [5, 5.41) is 9.83. The molecule has 8 heteroatoms. The standard InChI is InChI=1S/C13H15ClN2O3S2/c1-3-12-8(2)20-13(15-12)16-21(18,19)10-4-5-11(14)9(6-10)7-17/h4-6,17H,3,7H2,1-2H3,(H,15,16). The van der Waals surface area contributed by atoms with Crippen molar-refractivity contribution in [3.63, 3.8) is 0 Å². The number of nitrogens with zero attached hydrogens (tertiary/aromatic N) is 1. The van der Waals surface area contributed by atoms with Crippen molar-refractivity contribution < 1.29 is 13.5 Å². The summed E-state index contributed by atoms with van der Waals surface area (Å²) in [6, 6.07) is 4.20. The van der Waals surface area contributed by atoms with Crippen LogP contribution in [0.5, 0.6) is 0 Å². The highest BCUT2D eigenvalue weighted by atomic mass is 35.5. The van der Waals surface area contributed by atoms with Gasteiger partial charge in [-0.1, -0.05) is 18.5 Å². The number of anilines is 1. The van der Waals surface area contributed by atoms with Crippen molar-refractivity contribution in [3.05, 3.63) is 39.4 Å². The Morgan fingerprint density at radius 3 is 2.71 bits per heavy atom. The molecule has 114 valence electrons. The molecule has 2 aromatic rings. The Morgan fingerprint density at radius 1 is 1.43 bits per heavy atom. The largest absolute Gasteiger partial charge is 0.392 e. The Balaban J connectivity index is 2.33. The number of benzene rings is 1. The van der Waals surface area contributed by atoms with E-state index in [1.54, 1.807) is 0 Å². The minimum Gasteiger partial charge on any atom is -0.392 e. The van der Waals surface area contributed by atoms with Gasteiger partial charge in [0.2, 0.25) is 0 Å². The molecule has 1 aromatic heterocycles. The fourth-order valence-corrected chi connectivity index (χ4v) is 4.18. The summed E-state index contributed by atoms with van der Waals surface area (Å²) in [5.74, 6) is 0. The summed E-state index contributed by atoms with van der Waals surface area (Å²) in [5.41, 5.74) is 1.24. The zero-order valence-corrected chi connectivity index (χ0v) is 13.9. The van der Waals surface area contributed by atoms with Crippen LogP contribution in [0.3, 0.4) is 0 Å². The molecule has 5 nitrogen and oxygen atoms in total. The summed E-state index contributed by atoms with van der Waals surface area (Å²) < 4.78 is 27.1. The molecule has 0 radical (unpaired) electrons. The highest BCUT2D eigenvalue weighted by Gasteiger charge is 2.18. The van der Waals surface area contributed by atoms with Gasteiger partial charge in [0.1, 0.15) is 0 Å². The molecule has 2 rings (SSSR count). The second kappa shape index (κ2) is 6.31. The first-order chi connectivity index (χ1) is 9.87. The maximum Gasteiger partial charge on any atom is 0.263 e. The zero-order chi connectivity index (χ0) is 15.6. The molecule has 0 bridgehead atoms. The third-order valence-electron chi connectivity index (χ3n) is 2.95. The number of rotatable bonds is 5. The summed E-state index contributed by atoms with van der Waals surface area (Å²) >= 11 is 7.16. The first-order valence-electron chi connectivity index (χ1n) is 6.25. The molecule has 0 saturated heterocycles. The molecule has 0 spiro atoms. The number of hydrogen-bond acceptors (Lipinski definition) is 5.